The molecule has 0 aliphatic carbocycles. The van der Waals surface area contributed by atoms with E-state index in [1.165, 1.54) is 24.3 Å². The first-order valence-corrected chi connectivity index (χ1v) is 5.17. The van der Waals surface area contributed by atoms with Crippen molar-refractivity contribution in [2.45, 2.75) is 0 Å². The highest BCUT2D eigenvalue weighted by molar-refractivity contribution is 7.80. The van der Waals surface area contributed by atoms with Crippen molar-refractivity contribution in [3.8, 4) is 0 Å². The van der Waals surface area contributed by atoms with Crippen LogP contribution >= 0.6 is 12.2 Å². The number of pyridine rings is 1. The summed E-state index contributed by atoms with van der Waals surface area (Å²) in [7, 11) is 1.50. The standard InChI is InChI=1S/C10H12N4O2S/c1-14(7-2-4-12-5-3-7)10(16)9(15)13-6-8(11)17/h2-5H,6H2,1H3,(H2,11,17)(H,13,15). The lowest BCUT2D eigenvalue weighted by atomic mass is 10.3. The molecule has 6 nitrogen and oxygen atoms in total. The molecule has 2 amide bonds. The molecule has 0 aliphatic rings. The van der Waals surface area contributed by atoms with E-state index in [1.807, 2.05) is 0 Å². The fourth-order valence-electron chi connectivity index (χ4n) is 1.08. The van der Waals surface area contributed by atoms with Crippen LogP contribution in [0, 0.1) is 0 Å². The second kappa shape index (κ2) is 5.90. The SMILES string of the molecule is CN(C(=O)C(=O)NCC(N)=S)c1ccncc1. The molecule has 0 fully saturated rings. The molecule has 0 saturated heterocycles. The number of hydrogen-bond acceptors (Lipinski definition) is 4. The first kappa shape index (κ1) is 13.0. The normalized spacial score (nSPS) is 9.47. The summed E-state index contributed by atoms with van der Waals surface area (Å²) in [6, 6.07) is 3.25. The number of amides is 2. The van der Waals surface area contributed by atoms with Gasteiger partial charge in [0, 0.05) is 25.1 Å². The van der Waals surface area contributed by atoms with Gasteiger partial charge in [-0.25, -0.2) is 0 Å². The van der Waals surface area contributed by atoms with E-state index in [9.17, 15) is 9.59 Å². The van der Waals surface area contributed by atoms with Crippen LogP contribution in [-0.4, -0.2) is 35.4 Å². The van der Waals surface area contributed by atoms with E-state index in [0.717, 1.165) is 0 Å². The average Bonchev–Trinajstić information content (AvgIpc) is 2.35. The van der Waals surface area contributed by atoms with Gasteiger partial charge in [-0.2, -0.15) is 0 Å². The Kier molecular flexibility index (Phi) is 4.53. The van der Waals surface area contributed by atoms with Crippen molar-refractivity contribution in [1.29, 1.82) is 0 Å². The van der Waals surface area contributed by atoms with Crippen LogP contribution in [0.4, 0.5) is 5.69 Å². The third kappa shape index (κ3) is 3.80. The highest BCUT2D eigenvalue weighted by Crippen LogP contribution is 2.09. The molecule has 0 saturated carbocycles. The molecular formula is C10H12N4O2S. The molecule has 3 N–H and O–H groups in total. The lowest BCUT2D eigenvalue weighted by Crippen LogP contribution is -2.43. The number of carbonyl (C=O) groups excluding carboxylic acids is 2. The molecule has 90 valence electrons. The fraction of sp³-hybridized carbons (Fsp3) is 0.200. The molecule has 0 spiro atoms. The molecule has 1 aromatic heterocycles. The van der Waals surface area contributed by atoms with Crippen molar-refractivity contribution in [1.82, 2.24) is 10.3 Å². The number of thiocarbonyl (C=S) groups is 1. The van der Waals surface area contributed by atoms with E-state index in [-0.39, 0.29) is 11.5 Å². The van der Waals surface area contributed by atoms with Crippen LogP contribution in [0.2, 0.25) is 0 Å². The lowest BCUT2D eigenvalue weighted by Gasteiger charge is -2.16. The van der Waals surface area contributed by atoms with E-state index in [4.69, 9.17) is 5.73 Å². The summed E-state index contributed by atoms with van der Waals surface area (Å²) in [5.41, 5.74) is 5.79. The maximum absolute atomic E-state index is 11.7. The van der Waals surface area contributed by atoms with Gasteiger partial charge in [0.05, 0.1) is 11.5 Å². The number of carbonyl (C=O) groups is 2. The van der Waals surface area contributed by atoms with Crippen LogP contribution in [0.25, 0.3) is 0 Å². The van der Waals surface area contributed by atoms with Gasteiger partial charge in [0.15, 0.2) is 0 Å². The lowest BCUT2D eigenvalue weighted by molar-refractivity contribution is -0.137. The maximum atomic E-state index is 11.7. The summed E-state index contributed by atoms with van der Waals surface area (Å²) in [4.78, 5) is 28.3. The zero-order chi connectivity index (χ0) is 12.8. The number of nitrogens with one attached hydrogen (secondary N) is 1. The van der Waals surface area contributed by atoms with E-state index in [2.05, 4.69) is 22.5 Å². The van der Waals surface area contributed by atoms with Crippen LogP contribution in [-0.2, 0) is 9.59 Å². The van der Waals surface area contributed by atoms with Crippen molar-refractivity contribution in [3.63, 3.8) is 0 Å². The molecule has 17 heavy (non-hydrogen) atoms. The molecule has 0 aromatic carbocycles. The van der Waals surface area contributed by atoms with Gasteiger partial charge in [-0.3, -0.25) is 14.6 Å². The number of rotatable bonds is 3. The zero-order valence-electron chi connectivity index (χ0n) is 9.21. The third-order valence-corrected chi connectivity index (χ3v) is 2.12. The summed E-state index contributed by atoms with van der Waals surface area (Å²) in [6.07, 6.45) is 3.07. The maximum Gasteiger partial charge on any atom is 0.316 e. The van der Waals surface area contributed by atoms with Crippen LogP contribution in [0.15, 0.2) is 24.5 Å². The Balaban J connectivity index is 2.64. The van der Waals surface area contributed by atoms with Crippen LogP contribution in [0.3, 0.4) is 0 Å². The van der Waals surface area contributed by atoms with E-state index >= 15 is 0 Å². The van der Waals surface area contributed by atoms with Gasteiger partial charge in [0.2, 0.25) is 0 Å². The first-order valence-electron chi connectivity index (χ1n) is 4.76. The third-order valence-electron chi connectivity index (χ3n) is 1.97. The molecule has 0 bridgehead atoms. The number of nitrogens with zero attached hydrogens (tertiary/aromatic N) is 2. The topological polar surface area (TPSA) is 88.3 Å². The Morgan fingerprint density at radius 1 is 1.47 bits per heavy atom. The highest BCUT2D eigenvalue weighted by Gasteiger charge is 2.19. The summed E-state index contributed by atoms with van der Waals surface area (Å²) in [6.45, 7) is 0.00406. The van der Waals surface area contributed by atoms with Crippen LogP contribution in [0.1, 0.15) is 0 Å². The Labute approximate surface area is 104 Å². The molecular weight excluding hydrogens is 240 g/mol. The van der Waals surface area contributed by atoms with E-state index in [0.29, 0.717) is 5.69 Å². The van der Waals surface area contributed by atoms with E-state index in [1.54, 1.807) is 12.1 Å². The summed E-state index contributed by atoms with van der Waals surface area (Å²) in [5, 5.41) is 2.32. The van der Waals surface area contributed by atoms with Gasteiger partial charge in [-0.15, -0.1) is 0 Å². The molecule has 1 aromatic rings. The second-order valence-corrected chi connectivity index (χ2v) is 3.74. The molecule has 0 unspecified atom stereocenters. The Hall–Kier alpha value is -2.02. The van der Waals surface area contributed by atoms with Crippen LogP contribution < -0.4 is 16.0 Å². The highest BCUT2D eigenvalue weighted by atomic mass is 32.1. The van der Waals surface area contributed by atoms with Crippen molar-refractivity contribution < 1.29 is 9.59 Å². The van der Waals surface area contributed by atoms with Gasteiger partial charge >= 0.3 is 11.8 Å². The molecule has 1 heterocycles. The molecule has 0 radical (unpaired) electrons. The van der Waals surface area contributed by atoms with Gasteiger partial charge in [-0.05, 0) is 12.1 Å². The van der Waals surface area contributed by atoms with Crippen molar-refractivity contribution >= 4 is 34.7 Å². The van der Waals surface area contributed by atoms with Gasteiger partial charge in [-0.1, -0.05) is 12.2 Å². The quantitative estimate of drug-likeness (QED) is 0.556. The van der Waals surface area contributed by atoms with Crippen molar-refractivity contribution in [2.24, 2.45) is 5.73 Å². The Morgan fingerprint density at radius 3 is 2.59 bits per heavy atom. The zero-order valence-corrected chi connectivity index (χ0v) is 10.0. The predicted octanol–water partition coefficient (Wildman–Crippen LogP) is -0.553. The fourth-order valence-corrected chi connectivity index (χ4v) is 1.15. The summed E-state index contributed by atoms with van der Waals surface area (Å²) in [5.74, 6) is -1.44. The number of hydrogen-bond donors (Lipinski definition) is 2. The van der Waals surface area contributed by atoms with Gasteiger partial charge in [0.1, 0.15) is 0 Å². The minimum absolute atomic E-state index is 0.00406. The minimum Gasteiger partial charge on any atom is -0.392 e. The first-order chi connectivity index (χ1) is 8.02. The molecule has 0 aliphatic heterocycles. The molecule has 1 rings (SSSR count). The number of aromatic nitrogens is 1. The van der Waals surface area contributed by atoms with Crippen molar-refractivity contribution in [2.75, 3.05) is 18.5 Å². The Bertz CT molecular complexity index is 435. The monoisotopic (exact) mass is 252 g/mol. The number of nitrogens with two attached hydrogens (primary N) is 1. The number of anilines is 1. The number of likely N-dealkylation sites (N-methyl/N-ethyl adjacent to an activating group) is 1. The molecule has 7 heteroatoms. The predicted molar refractivity (Wildman–Crippen MR) is 67.4 cm³/mol. The van der Waals surface area contributed by atoms with Crippen LogP contribution in [0.5, 0.6) is 0 Å². The van der Waals surface area contributed by atoms with Crippen molar-refractivity contribution in [3.05, 3.63) is 24.5 Å². The molecule has 0 atom stereocenters. The van der Waals surface area contributed by atoms with E-state index < -0.39 is 11.8 Å². The summed E-state index contributed by atoms with van der Waals surface area (Å²) < 4.78 is 0. The smallest absolute Gasteiger partial charge is 0.316 e. The largest absolute Gasteiger partial charge is 0.392 e. The Morgan fingerprint density at radius 2 is 2.06 bits per heavy atom. The summed E-state index contributed by atoms with van der Waals surface area (Å²) >= 11 is 4.59. The average molecular weight is 252 g/mol. The minimum atomic E-state index is -0.753. The second-order valence-electron chi connectivity index (χ2n) is 3.22. The van der Waals surface area contributed by atoms with Gasteiger partial charge < -0.3 is 16.0 Å². The van der Waals surface area contributed by atoms with Gasteiger partial charge in [0.25, 0.3) is 0 Å².